The number of esters is 1. The van der Waals surface area contributed by atoms with E-state index in [9.17, 15) is 9.59 Å². The average molecular weight is 804 g/mol. The summed E-state index contributed by atoms with van der Waals surface area (Å²) in [4.78, 5) is 46.1. The van der Waals surface area contributed by atoms with Gasteiger partial charge in [0.25, 0.3) is 11.8 Å². The molecule has 20 heteroatoms. The van der Waals surface area contributed by atoms with E-state index >= 15 is 0 Å². The molecule has 274 valence electrons. The number of hydrogen-bond acceptors (Lipinski definition) is 18. The van der Waals surface area contributed by atoms with Crippen molar-refractivity contribution in [1.82, 2.24) is 54.9 Å². The lowest BCUT2D eigenvalue weighted by Crippen LogP contribution is -2.09. The Hall–Kier alpha value is -7.74. The molecule has 8 aromatic rings. The Morgan fingerprint density at radius 3 is 1.71 bits per heavy atom. The highest BCUT2D eigenvalue weighted by Gasteiger charge is 2.17. The summed E-state index contributed by atoms with van der Waals surface area (Å²) in [5, 5.41) is 16.0. The number of rotatable bonds is 6. The van der Waals surface area contributed by atoms with Gasteiger partial charge in [-0.3, -0.25) is 4.79 Å². The number of aromatic nitrogens is 11. The SMILES string of the molecule is COC(=O)c1nccnc1N.Nc1ncc(-n2ccc(=O)cc2)nc1-c1nnc(-c2ccccc2)o1.Nc1ncc(Br)nc1-c1nnc(-c2ccccc2)o1. The molecule has 8 rings (SSSR count). The van der Waals surface area contributed by atoms with Crippen molar-refractivity contribution in [2.45, 2.75) is 0 Å². The summed E-state index contributed by atoms with van der Waals surface area (Å²) < 4.78 is 17.8. The summed E-state index contributed by atoms with van der Waals surface area (Å²) in [6.45, 7) is 0. The largest absolute Gasteiger partial charge is 0.464 e. The highest BCUT2D eigenvalue weighted by Crippen LogP contribution is 2.27. The number of benzene rings is 2. The number of pyridine rings is 1. The van der Waals surface area contributed by atoms with Gasteiger partial charge in [-0.15, -0.1) is 20.4 Å². The van der Waals surface area contributed by atoms with Crippen molar-refractivity contribution in [1.29, 1.82) is 0 Å². The molecule has 0 amide bonds. The molecule has 0 aliphatic carbocycles. The van der Waals surface area contributed by atoms with Crippen molar-refractivity contribution in [3.05, 3.63) is 130 Å². The highest BCUT2D eigenvalue weighted by molar-refractivity contribution is 9.10. The van der Waals surface area contributed by atoms with Gasteiger partial charge in [-0.1, -0.05) is 36.4 Å². The molecule has 55 heavy (non-hydrogen) atoms. The van der Waals surface area contributed by atoms with Gasteiger partial charge in [0.1, 0.15) is 4.60 Å². The van der Waals surface area contributed by atoms with E-state index in [-0.39, 0.29) is 46.1 Å². The summed E-state index contributed by atoms with van der Waals surface area (Å²) in [6.07, 6.45) is 8.97. The maximum atomic E-state index is 11.2. The van der Waals surface area contributed by atoms with Gasteiger partial charge in [0.15, 0.2) is 45.8 Å². The van der Waals surface area contributed by atoms with E-state index in [4.69, 9.17) is 26.0 Å². The first-order chi connectivity index (χ1) is 26.7. The minimum Gasteiger partial charge on any atom is -0.464 e. The van der Waals surface area contributed by atoms with Crippen LogP contribution < -0.4 is 22.6 Å². The van der Waals surface area contributed by atoms with Crippen LogP contribution in [0.4, 0.5) is 17.5 Å². The van der Waals surface area contributed by atoms with Crippen LogP contribution in [0.2, 0.25) is 0 Å². The second kappa shape index (κ2) is 17.2. The van der Waals surface area contributed by atoms with Crippen LogP contribution in [0.25, 0.3) is 51.9 Å². The van der Waals surface area contributed by atoms with Crippen LogP contribution in [0.5, 0.6) is 0 Å². The fraction of sp³-hybridized carbons (Fsp3) is 0.0286. The zero-order valence-electron chi connectivity index (χ0n) is 28.5. The molecule has 0 radical (unpaired) electrons. The predicted molar refractivity (Wildman–Crippen MR) is 201 cm³/mol. The van der Waals surface area contributed by atoms with Gasteiger partial charge in [0, 0.05) is 48.0 Å². The molecule has 6 aromatic heterocycles. The molecule has 0 atom stereocenters. The average Bonchev–Trinajstić information content (AvgIpc) is 3.92. The number of anilines is 3. The maximum absolute atomic E-state index is 11.2. The number of hydrogen-bond donors (Lipinski definition) is 3. The lowest BCUT2D eigenvalue weighted by Gasteiger charge is -2.06. The summed E-state index contributed by atoms with van der Waals surface area (Å²) >= 11 is 3.23. The van der Waals surface area contributed by atoms with Gasteiger partial charge in [-0.2, -0.15) is 0 Å². The molecule has 19 nitrogen and oxygen atoms in total. The lowest BCUT2D eigenvalue weighted by atomic mass is 10.2. The van der Waals surface area contributed by atoms with Crippen LogP contribution in [0.3, 0.4) is 0 Å². The quantitative estimate of drug-likeness (QED) is 0.197. The molecule has 0 aliphatic rings. The zero-order valence-corrected chi connectivity index (χ0v) is 30.0. The van der Waals surface area contributed by atoms with Gasteiger partial charge in [0.2, 0.25) is 11.8 Å². The second-order valence-electron chi connectivity index (χ2n) is 10.7. The third kappa shape index (κ3) is 9.20. The van der Waals surface area contributed by atoms with Gasteiger partial charge >= 0.3 is 5.97 Å². The Morgan fingerprint density at radius 2 is 1.16 bits per heavy atom. The van der Waals surface area contributed by atoms with Crippen LogP contribution in [-0.2, 0) is 4.74 Å². The number of carbonyl (C=O) groups is 1. The third-order valence-electron chi connectivity index (χ3n) is 7.02. The Balaban J connectivity index is 0.000000151. The van der Waals surface area contributed by atoms with E-state index in [2.05, 4.69) is 71.0 Å². The molecule has 0 spiro atoms. The van der Waals surface area contributed by atoms with Crippen molar-refractivity contribution >= 4 is 39.4 Å². The standard InChI is InChI=1S/C17H12N6O2.C12H8BrN5O.C6H7N3O2/c18-15-14(17-22-21-16(25-17)11-4-2-1-3-5-11)20-13(10-19-15)23-8-6-12(24)7-9-23;13-8-6-15-10(14)9(16-8)12-18-17-11(19-12)7-4-2-1-3-5-7;1-11-6(10)4-5(7)9-3-2-8-4/h1-10H,(H2,18,19);1-6H,(H2,14,15);2-3H,1H3,(H2,7,9). The molecule has 0 unspecified atom stereocenters. The van der Waals surface area contributed by atoms with Crippen molar-refractivity contribution < 1.29 is 18.4 Å². The highest BCUT2D eigenvalue weighted by atomic mass is 79.9. The van der Waals surface area contributed by atoms with Crippen molar-refractivity contribution in [2.24, 2.45) is 0 Å². The van der Waals surface area contributed by atoms with Crippen LogP contribution in [0.1, 0.15) is 10.5 Å². The Bertz CT molecular complexity index is 2580. The molecule has 0 bridgehead atoms. The monoisotopic (exact) mass is 802 g/mol. The van der Waals surface area contributed by atoms with Crippen molar-refractivity contribution in [3.63, 3.8) is 0 Å². The number of ether oxygens (including phenoxy) is 1. The zero-order chi connectivity index (χ0) is 38.7. The number of methoxy groups -OCH3 is 1. The fourth-order valence-corrected chi connectivity index (χ4v) is 4.69. The second-order valence-corrected chi connectivity index (χ2v) is 11.5. The molecule has 0 fully saturated rings. The number of nitrogens with two attached hydrogens (primary N) is 3. The molecule has 0 saturated carbocycles. The number of carbonyl (C=O) groups excluding carboxylic acids is 1. The van der Waals surface area contributed by atoms with E-state index in [1.165, 1.54) is 44.0 Å². The fourth-order valence-electron chi connectivity index (χ4n) is 4.41. The van der Waals surface area contributed by atoms with Gasteiger partial charge < -0.3 is 35.3 Å². The first-order valence-electron chi connectivity index (χ1n) is 15.7. The van der Waals surface area contributed by atoms with Crippen LogP contribution >= 0.6 is 15.9 Å². The summed E-state index contributed by atoms with van der Waals surface area (Å²) in [6, 6.07) is 21.7. The van der Waals surface area contributed by atoms with Gasteiger partial charge in [-0.25, -0.2) is 34.7 Å². The molecule has 0 saturated heterocycles. The number of halogens is 1. The van der Waals surface area contributed by atoms with Crippen molar-refractivity contribution in [2.75, 3.05) is 24.3 Å². The predicted octanol–water partition coefficient (Wildman–Crippen LogP) is 4.31. The minimum absolute atomic E-state index is 0.0509. The summed E-state index contributed by atoms with van der Waals surface area (Å²) in [5.74, 6) is 1.59. The van der Waals surface area contributed by atoms with E-state index in [1.54, 1.807) is 17.0 Å². The molecule has 0 aliphatic heterocycles. The van der Waals surface area contributed by atoms with Crippen molar-refractivity contribution in [3.8, 4) is 51.9 Å². The topological polar surface area (TPSA) is 282 Å². The third-order valence-corrected chi connectivity index (χ3v) is 7.41. The van der Waals surface area contributed by atoms with E-state index in [0.717, 1.165) is 11.1 Å². The summed E-state index contributed by atoms with van der Waals surface area (Å²) in [7, 11) is 1.26. The van der Waals surface area contributed by atoms with Crippen LogP contribution in [0.15, 0.2) is 128 Å². The smallest absolute Gasteiger partial charge is 0.360 e. The first-order valence-corrected chi connectivity index (χ1v) is 16.5. The van der Waals surface area contributed by atoms with Crippen LogP contribution in [-0.4, -0.2) is 67.9 Å². The molecule has 6 N–H and O–H groups in total. The van der Waals surface area contributed by atoms with E-state index in [0.29, 0.717) is 27.9 Å². The first kappa shape index (κ1) is 37.0. The van der Waals surface area contributed by atoms with E-state index < -0.39 is 5.97 Å². The Kier molecular flexibility index (Phi) is 11.6. The van der Waals surface area contributed by atoms with Gasteiger partial charge in [0.05, 0.1) is 19.5 Å². The Morgan fingerprint density at radius 1 is 0.655 bits per heavy atom. The Labute approximate surface area is 318 Å². The maximum Gasteiger partial charge on any atom is 0.360 e. The molecule has 2 aromatic carbocycles. The molecular weight excluding hydrogens is 776 g/mol. The summed E-state index contributed by atoms with van der Waals surface area (Å²) in [5.41, 5.74) is 19.2. The number of nitrogen functional groups attached to an aromatic ring is 3. The number of nitrogens with zero attached hydrogens (tertiary/aromatic N) is 11. The van der Waals surface area contributed by atoms with E-state index in [1.807, 2.05) is 60.7 Å². The molecule has 6 heterocycles. The molecular formula is C35H27BrN14O5. The van der Waals surface area contributed by atoms with Crippen LogP contribution in [0, 0.1) is 0 Å². The van der Waals surface area contributed by atoms with Gasteiger partial charge in [-0.05, 0) is 40.2 Å². The lowest BCUT2D eigenvalue weighted by molar-refractivity contribution is 0.0595. The minimum atomic E-state index is -0.574. The normalized spacial score (nSPS) is 10.4.